The molecule has 0 aliphatic heterocycles. The van der Waals surface area contributed by atoms with Crippen LogP contribution in [0.2, 0.25) is 0 Å². The van der Waals surface area contributed by atoms with Gasteiger partial charge < -0.3 is 20.2 Å². The van der Waals surface area contributed by atoms with Crippen LogP contribution in [0.25, 0.3) is 0 Å². The third kappa shape index (κ3) is 2.35. The molecule has 1 fully saturated rings. The van der Waals surface area contributed by atoms with Crippen LogP contribution in [0.5, 0.6) is 0 Å². The number of furan rings is 1. The molecule has 17 heavy (non-hydrogen) atoms. The molecule has 3 N–H and O–H groups in total. The summed E-state index contributed by atoms with van der Waals surface area (Å²) in [6, 6.07) is 1.60. The van der Waals surface area contributed by atoms with Crippen LogP contribution in [0.3, 0.4) is 0 Å². The SMILES string of the molecule is CCOC1CC(N)C1NC(=O)c1occc1C. The number of carbonyl (C=O) groups is 1. The van der Waals surface area contributed by atoms with Gasteiger partial charge in [-0.05, 0) is 26.3 Å². The summed E-state index contributed by atoms with van der Waals surface area (Å²) in [5, 5.41) is 2.86. The molecule has 0 spiro atoms. The van der Waals surface area contributed by atoms with Crippen molar-refractivity contribution >= 4 is 5.91 Å². The van der Waals surface area contributed by atoms with Crippen LogP contribution in [0, 0.1) is 6.92 Å². The van der Waals surface area contributed by atoms with Crippen LogP contribution in [0.1, 0.15) is 29.5 Å². The number of hydrogen-bond donors (Lipinski definition) is 2. The lowest BCUT2D eigenvalue weighted by Crippen LogP contribution is -2.64. The molecular formula is C12H18N2O3. The van der Waals surface area contributed by atoms with Crippen molar-refractivity contribution in [3.8, 4) is 0 Å². The van der Waals surface area contributed by atoms with Crippen LogP contribution < -0.4 is 11.1 Å². The fourth-order valence-electron chi connectivity index (χ4n) is 2.05. The maximum absolute atomic E-state index is 11.9. The van der Waals surface area contributed by atoms with Crippen molar-refractivity contribution in [2.45, 2.75) is 38.5 Å². The smallest absolute Gasteiger partial charge is 0.287 e. The zero-order chi connectivity index (χ0) is 12.4. The van der Waals surface area contributed by atoms with E-state index in [1.165, 1.54) is 6.26 Å². The molecule has 0 radical (unpaired) electrons. The highest BCUT2D eigenvalue weighted by Gasteiger charge is 2.40. The first-order valence-corrected chi connectivity index (χ1v) is 5.85. The van der Waals surface area contributed by atoms with Crippen LogP contribution in [-0.2, 0) is 4.74 Å². The molecule has 1 aromatic rings. The maximum Gasteiger partial charge on any atom is 0.287 e. The molecule has 5 heteroatoms. The van der Waals surface area contributed by atoms with E-state index in [9.17, 15) is 4.79 Å². The number of nitrogens with one attached hydrogen (secondary N) is 1. The Balaban J connectivity index is 1.97. The van der Waals surface area contributed by atoms with Gasteiger partial charge in [0.2, 0.25) is 0 Å². The van der Waals surface area contributed by atoms with Crippen molar-refractivity contribution in [2.75, 3.05) is 6.61 Å². The van der Waals surface area contributed by atoms with Crippen molar-refractivity contribution in [3.63, 3.8) is 0 Å². The first-order chi connectivity index (χ1) is 8.13. The fourth-order valence-corrected chi connectivity index (χ4v) is 2.05. The number of hydrogen-bond acceptors (Lipinski definition) is 4. The summed E-state index contributed by atoms with van der Waals surface area (Å²) in [4.78, 5) is 11.9. The molecule has 5 nitrogen and oxygen atoms in total. The molecule has 0 saturated heterocycles. The third-order valence-electron chi connectivity index (χ3n) is 3.11. The molecule has 1 heterocycles. The molecule has 1 saturated carbocycles. The van der Waals surface area contributed by atoms with E-state index in [2.05, 4.69) is 5.32 Å². The number of amides is 1. The van der Waals surface area contributed by atoms with E-state index in [1.54, 1.807) is 6.07 Å². The third-order valence-corrected chi connectivity index (χ3v) is 3.11. The van der Waals surface area contributed by atoms with Gasteiger partial charge in [0.15, 0.2) is 5.76 Å². The zero-order valence-corrected chi connectivity index (χ0v) is 10.1. The van der Waals surface area contributed by atoms with E-state index in [-0.39, 0.29) is 24.1 Å². The first-order valence-electron chi connectivity index (χ1n) is 5.85. The van der Waals surface area contributed by atoms with Gasteiger partial charge in [-0.3, -0.25) is 4.79 Å². The quantitative estimate of drug-likeness (QED) is 0.814. The molecule has 1 aliphatic rings. The Hall–Kier alpha value is -1.33. The predicted octanol–water partition coefficient (Wildman–Crippen LogP) is 0.823. The Morgan fingerprint density at radius 1 is 1.71 bits per heavy atom. The molecular weight excluding hydrogens is 220 g/mol. The number of carbonyl (C=O) groups excluding carboxylic acids is 1. The second kappa shape index (κ2) is 4.89. The maximum atomic E-state index is 11.9. The van der Waals surface area contributed by atoms with Gasteiger partial charge in [-0.1, -0.05) is 0 Å². The summed E-state index contributed by atoms with van der Waals surface area (Å²) in [6.45, 7) is 4.39. The minimum atomic E-state index is -0.225. The first kappa shape index (κ1) is 12.1. The molecule has 0 bridgehead atoms. The van der Waals surface area contributed by atoms with Gasteiger partial charge in [0, 0.05) is 18.2 Å². The zero-order valence-electron chi connectivity index (χ0n) is 10.1. The normalized spacial score (nSPS) is 27.6. The highest BCUT2D eigenvalue weighted by Crippen LogP contribution is 2.23. The summed E-state index contributed by atoms with van der Waals surface area (Å²) in [5.41, 5.74) is 6.68. The molecule has 1 aromatic heterocycles. The van der Waals surface area contributed by atoms with Gasteiger partial charge in [0.1, 0.15) is 0 Å². The van der Waals surface area contributed by atoms with Crippen LogP contribution in [0.4, 0.5) is 0 Å². The van der Waals surface area contributed by atoms with Crippen LogP contribution >= 0.6 is 0 Å². The van der Waals surface area contributed by atoms with Gasteiger partial charge in [-0.15, -0.1) is 0 Å². The molecule has 1 amide bonds. The summed E-state index contributed by atoms with van der Waals surface area (Å²) in [6.07, 6.45) is 2.31. The van der Waals surface area contributed by atoms with Gasteiger partial charge in [-0.25, -0.2) is 0 Å². The number of ether oxygens (including phenoxy) is 1. The largest absolute Gasteiger partial charge is 0.459 e. The molecule has 3 unspecified atom stereocenters. The molecule has 2 rings (SSSR count). The highest BCUT2D eigenvalue weighted by atomic mass is 16.5. The van der Waals surface area contributed by atoms with E-state index >= 15 is 0 Å². The minimum absolute atomic E-state index is 0.0224. The summed E-state index contributed by atoms with van der Waals surface area (Å²) in [7, 11) is 0. The number of rotatable bonds is 4. The molecule has 0 aromatic carbocycles. The fraction of sp³-hybridized carbons (Fsp3) is 0.583. The number of aryl methyl sites for hydroxylation is 1. The summed E-state index contributed by atoms with van der Waals surface area (Å²) in [5.74, 6) is 0.122. The van der Waals surface area contributed by atoms with Crippen molar-refractivity contribution in [3.05, 3.63) is 23.7 Å². The summed E-state index contributed by atoms with van der Waals surface area (Å²) < 4.78 is 10.6. The van der Waals surface area contributed by atoms with Crippen molar-refractivity contribution in [1.82, 2.24) is 5.32 Å². The van der Waals surface area contributed by atoms with Gasteiger partial charge >= 0.3 is 0 Å². The van der Waals surface area contributed by atoms with Crippen LogP contribution in [0.15, 0.2) is 16.7 Å². The molecule has 94 valence electrons. The molecule has 3 atom stereocenters. The lowest BCUT2D eigenvalue weighted by molar-refractivity contribution is -0.0302. The Morgan fingerprint density at radius 2 is 2.47 bits per heavy atom. The van der Waals surface area contributed by atoms with Gasteiger partial charge in [0.05, 0.1) is 18.4 Å². The minimum Gasteiger partial charge on any atom is -0.459 e. The van der Waals surface area contributed by atoms with Gasteiger partial charge in [0.25, 0.3) is 5.91 Å². The Kier molecular flexibility index (Phi) is 3.49. The standard InChI is InChI=1S/C12H18N2O3/c1-3-16-9-6-8(13)10(9)14-12(15)11-7(2)4-5-17-11/h4-5,8-10H,3,6,13H2,1-2H3,(H,14,15). The monoisotopic (exact) mass is 238 g/mol. The predicted molar refractivity (Wildman–Crippen MR) is 62.7 cm³/mol. The summed E-state index contributed by atoms with van der Waals surface area (Å²) >= 11 is 0. The van der Waals surface area contributed by atoms with Crippen LogP contribution in [-0.4, -0.2) is 30.7 Å². The second-order valence-corrected chi connectivity index (χ2v) is 4.33. The Labute approximate surface area is 100 Å². The van der Waals surface area contributed by atoms with E-state index in [4.69, 9.17) is 14.9 Å². The lowest BCUT2D eigenvalue weighted by Gasteiger charge is -2.42. The van der Waals surface area contributed by atoms with E-state index in [0.29, 0.717) is 12.4 Å². The topological polar surface area (TPSA) is 77.5 Å². The Bertz CT molecular complexity index is 400. The van der Waals surface area contributed by atoms with E-state index in [1.807, 2.05) is 13.8 Å². The molecule has 1 aliphatic carbocycles. The van der Waals surface area contributed by atoms with Crippen molar-refractivity contribution < 1.29 is 13.9 Å². The van der Waals surface area contributed by atoms with Crippen molar-refractivity contribution in [1.29, 1.82) is 0 Å². The van der Waals surface area contributed by atoms with Gasteiger partial charge in [-0.2, -0.15) is 0 Å². The van der Waals surface area contributed by atoms with E-state index < -0.39 is 0 Å². The number of nitrogens with two attached hydrogens (primary N) is 1. The second-order valence-electron chi connectivity index (χ2n) is 4.33. The van der Waals surface area contributed by atoms with Crippen molar-refractivity contribution in [2.24, 2.45) is 5.73 Å². The lowest BCUT2D eigenvalue weighted by atomic mass is 9.83. The average molecular weight is 238 g/mol. The van der Waals surface area contributed by atoms with E-state index in [0.717, 1.165) is 12.0 Å². The highest BCUT2D eigenvalue weighted by molar-refractivity contribution is 5.93. The average Bonchev–Trinajstić information content (AvgIpc) is 2.72. The Morgan fingerprint density at radius 3 is 3.00 bits per heavy atom.